The van der Waals surface area contributed by atoms with Gasteiger partial charge in [0.15, 0.2) is 5.65 Å². The largest absolute Gasteiger partial charge is 0.457 e. The molecule has 0 atom stereocenters. The van der Waals surface area contributed by atoms with Crippen LogP contribution in [0.3, 0.4) is 0 Å². The zero-order chi connectivity index (χ0) is 24.9. The number of aromatic nitrogens is 3. The molecule has 0 aliphatic rings. The highest BCUT2D eigenvalue weighted by molar-refractivity contribution is 9.10. The molecule has 0 spiro atoms. The molecule has 2 aromatic heterocycles. The summed E-state index contributed by atoms with van der Waals surface area (Å²) in [4.78, 5) is 17.6. The number of halogens is 2. The van der Waals surface area contributed by atoms with Crippen LogP contribution < -0.4 is 15.4 Å². The van der Waals surface area contributed by atoms with Gasteiger partial charge in [-0.05, 0) is 46.3 Å². The Morgan fingerprint density at radius 2 is 1.72 bits per heavy atom. The average molecular weight is 563 g/mol. The number of hydrogen-bond donors (Lipinski definition) is 2. The molecule has 0 aliphatic heterocycles. The standard InChI is InChI=1S/C27H21BrClN5O2/c28-21-17-32-34-25(16-23(33-26(21)34)19-10-4-6-12-22(19)29)30-14-15-31-27(35)20-11-5-7-13-24(20)36-18-8-2-1-3-9-18/h1-13,16-17,30H,14-15H2,(H,31,35). The van der Waals surface area contributed by atoms with Crippen LogP contribution in [0.2, 0.25) is 5.02 Å². The van der Waals surface area contributed by atoms with Crippen molar-refractivity contribution < 1.29 is 9.53 Å². The molecule has 0 saturated heterocycles. The highest BCUT2D eigenvalue weighted by Gasteiger charge is 2.14. The number of carbonyl (C=O) groups is 1. The van der Waals surface area contributed by atoms with Gasteiger partial charge in [0.2, 0.25) is 0 Å². The van der Waals surface area contributed by atoms with Crippen LogP contribution in [0.15, 0.2) is 95.6 Å². The van der Waals surface area contributed by atoms with E-state index in [-0.39, 0.29) is 5.91 Å². The molecule has 2 heterocycles. The second-order valence-corrected chi connectivity index (χ2v) is 9.09. The van der Waals surface area contributed by atoms with Crippen LogP contribution in [-0.4, -0.2) is 33.6 Å². The number of rotatable bonds is 8. The molecule has 3 aromatic carbocycles. The minimum absolute atomic E-state index is 0.221. The first-order valence-electron chi connectivity index (χ1n) is 11.2. The van der Waals surface area contributed by atoms with E-state index < -0.39 is 0 Å². The topological polar surface area (TPSA) is 80.5 Å². The van der Waals surface area contributed by atoms with Crippen molar-refractivity contribution in [1.82, 2.24) is 19.9 Å². The van der Waals surface area contributed by atoms with Gasteiger partial charge >= 0.3 is 0 Å². The van der Waals surface area contributed by atoms with E-state index in [0.29, 0.717) is 46.5 Å². The SMILES string of the molecule is O=C(NCCNc1cc(-c2ccccc2Cl)nc2c(Br)cnn12)c1ccccc1Oc1ccccc1. The van der Waals surface area contributed by atoms with Gasteiger partial charge in [-0.3, -0.25) is 4.79 Å². The van der Waals surface area contributed by atoms with Crippen molar-refractivity contribution in [3.8, 4) is 22.8 Å². The van der Waals surface area contributed by atoms with Crippen LogP contribution in [0.1, 0.15) is 10.4 Å². The molecular formula is C27H21BrClN5O2. The Morgan fingerprint density at radius 1 is 0.972 bits per heavy atom. The number of anilines is 1. The second kappa shape index (κ2) is 10.8. The van der Waals surface area contributed by atoms with Gasteiger partial charge in [-0.2, -0.15) is 9.61 Å². The minimum Gasteiger partial charge on any atom is -0.457 e. The summed E-state index contributed by atoms with van der Waals surface area (Å²) in [6.07, 6.45) is 1.69. The second-order valence-electron chi connectivity index (χ2n) is 7.83. The highest BCUT2D eigenvalue weighted by atomic mass is 79.9. The summed E-state index contributed by atoms with van der Waals surface area (Å²) in [6, 6.07) is 26.0. The van der Waals surface area contributed by atoms with Crippen LogP contribution in [-0.2, 0) is 0 Å². The summed E-state index contributed by atoms with van der Waals surface area (Å²) >= 11 is 9.92. The first kappa shape index (κ1) is 23.8. The minimum atomic E-state index is -0.221. The molecule has 2 N–H and O–H groups in total. The number of para-hydroxylation sites is 2. The lowest BCUT2D eigenvalue weighted by atomic mass is 10.1. The number of hydrogen-bond acceptors (Lipinski definition) is 5. The molecule has 5 rings (SSSR count). The van der Waals surface area contributed by atoms with E-state index >= 15 is 0 Å². The number of nitrogens with one attached hydrogen (secondary N) is 2. The Bertz CT molecular complexity index is 1520. The summed E-state index contributed by atoms with van der Waals surface area (Å²) in [5.74, 6) is 1.67. The van der Waals surface area contributed by atoms with Crippen molar-refractivity contribution >= 4 is 44.9 Å². The molecular weight excluding hydrogens is 542 g/mol. The molecule has 0 aliphatic carbocycles. The van der Waals surface area contributed by atoms with Gasteiger partial charge in [0.25, 0.3) is 5.91 Å². The molecule has 9 heteroatoms. The lowest BCUT2D eigenvalue weighted by Gasteiger charge is -2.13. The molecule has 0 radical (unpaired) electrons. The van der Waals surface area contributed by atoms with Gasteiger partial charge in [0, 0.05) is 29.7 Å². The number of carbonyl (C=O) groups excluding carboxylic acids is 1. The predicted molar refractivity (Wildman–Crippen MR) is 145 cm³/mol. The molecule has 0 saturated carbocycles. The van der Waals surface area contributed by atoms with Crippen molar-refractivity contribution in [3.63, 3.8) is 0 Å². The Kier molecular flexibility index (Phi) is 7.16. The Labute approximate surface area is 221 Å². The number of nitrogens with zero attached hydrogens (tertiary/aromatic N) is 3. The Morgan fingerprint density at radius 3 is 2.56 bits per heavy atom. The van der Waals surface area contributed by atoms with Gasteiger partial charge in [-0.25, -0.2) is 4.98 Å². The number of amides is 1. The van der Waals surface area contributed by atoms with E-state index in [1.807, 2.05) is 72.8 Å². The summed E-state index contributed by atoms with van der Waals surface area (Å²) in [5, 5.41) is 11.3. The first-order valence-corrected chi connectivity index (χ1v) is 12.4. The van der Waals surface area contributed by atoms with Crippen LogP contribution in [0.5, 0.6) is 11.5 Å². The maximum atomic E-state index is 12.9. The van der Waals surface area contributed by atoms with Crippen molar-refractivity contribution in [2.75, 3.05) is 18.4 Å². The molecule has 7 nitrogen and oxygen atoms in total. The van der Waals surface area contributed by atoms with E-state index in [4.69, 9.17) is 21.3 Å². The van der Waals surface area contributed by atoms with Crippen LogP contribution in [0.4, 0.5) is 5.82 Å². The third kappa shape index (κ3) is 5.19. The number of ether oxygens (including phenoxy) is 1. The summed E-state index contributed by atoms with van der Waals surface area (Å²) < 4.78 is 8.38. The first-order chi connectivity index (χ1) is 17.6. The van der Waals surface area contributed by atoms with Crippen molar-refractivity contribution in [3.05, 3.63) is 106 Å². The highest BCUT2D eigenvalue weighted by Crippen LogP contribution is 2.30. The van der Waals surface area contributed by atoms with Gasteiger partial charge in [-0.1, -0.05) is 60.1 Å². The molecule has 36 heavy (non-hydrogen) atoms. The van der Waals surface area contributed by atoms with Gasteiger partial charge < -0.3 is 15.4 Å². The third-order valence-corrected chi connectivity index (χ3v) is 6.29. The maximum absolute atomic E-state index is 12.9. The third-order valence-electron chi connectivity index (χ3n) is 5.40. The Hall–Kier alpha value is -3.88. The van der Waals surface area contributed by atoms with Gasteiger partial charge in [-0.15, -0.1) is 0 Å². The molecule has 5 aromatic rings. The smallest absolute Gasteiger partial charge is 0.255 e. The van der Waals surface area contributed by atoms with Crippen LogP contribution in [0.25, 0.3) is 16.9 Å². The van der Waals surface area contributed by atoms with Crippen molar-refractivity contribution in [1.29, 1.82) is 0 Å². The fraction of sp³-hybridized carbons (Fsp3) is 0.0741. The van der Waals surface area contributed by atoms with Crippen LogP contribution in [0, 0.1) is 0 Å². The predicted octanol–water partition coefficient (Wildman–Crippen LogP) is 6.45. The van der Waals surface area contributed by atoms with Gasteiger partial charge in [0.05, 0.1) is 21.9 Å². The lowest BCUT2D eigenvalue weighted by molar-refractivity contribution is 0.0953. The van der Waals surface area contributed by atoms with E-state index in [2.05, 4.69) is 31.7 Å². The fourth-order valence-corrected chi connectivity index (χ4v) is 4.27. The molecule has 0 unspecified atom stereocenters. The molecule has 0 fully saturated rings. The normalized spacial score (nSPS) is 10.8. The van der Waals surface area contributed by atoms with E-state index in [0.717, 1.165) is 15.9 Å². The summed E-state index contributed by atoms with van der Waals surface area (Å²) in [5.41, 5.74) is 2.66. The quantitative estimate of drug-likeness (QED) is 0.213. The van der Waals surface area contributed by atoms with Crippen molar-refractivity contribution in [2.45, 2.75) is 0 Å². The molecule has 1 amide bonds. The summed E-state index contributed by atoms with van der Waals surface area (Å²) in [7, 11) is 0. The Balaban J connectivity index is 1.28. The monoisotopic (exact) mass is 561 g/mol. The fourth-order valence-electron chi connectivity index (χ4n) is 3.69. The van der Waals surface area contributed by atoms with E-state index in [1.54, 1.807) is 22.8 Å². The molecule has 180 valence electrons. The number of benzene rings is 3. The van der Waals surface area contributed by atoms with Gasteiger partial charge in [0.1, 0.15) is 17.3 Å². The van der Waals surface area contributed by atoms with E-state index in [9.17, 15) is 4.79 Å². The van der Waals surface area contributed by atoms with Crippen LogP contribution >= 0.6 is 27.5 Å². The molecule has 0 bridgehead atoms. The average Bonchev–Trinajstić information content (AvgIpc) is 3.28. The maximum Gasteiger partial charge on any atom is 0.255 e. The van der Waals surface area contributed by atoms with Crippen molar-refractivity contribution in [2.24, 2.45) is 0 Å². The lowest BCUT2D eigenvalue weighted by Crippen LogP contribution is -2.29. The zero-order valence-electron chi connectivity index (χ0n) is 19.0. The summed E-state index contributed by atoms with van der Waals surface area (Å²) in [6.45, 7) is 0.845. The number of fused-ring (bicyclic) bond motifs is 1. The zero-order valence-corrected chi connectivity index (χ0v) is 21.3. The van der Waals surface area contributed by atoms with E-state index in [1.165, 1.54) is 0 Å².